The summed E-state index contributed by atoms with van der Waals surface area (Å²) in [5.41, 5.74) is 0.686. The van der Waals surface area contributed by atoms with Crippen molar-refractivity contribution < 1.29 is 8.42 Å². The summed E-state index contributed by atoms with van der Waals surface area (Å²) in [6, 6.07) is 8.72. The summed E-state index contributed by atoms with van der Waals surface area (Å²) in [7, 11) is -3.61. The first-order chi connectivity index (χ1) is 8.01. The molecule has 1 unspecified atom stereocenters. The van der Waals surface area contributed by atoms with E-state index in [1.165, 1.54) is 0 Å². The Bertz CT molecular complexity index is 523. The minimum atomic E-state index is -3.61. The molecule has 17 heavy (non-hydrogen) atoms. The SMILES string of the molecule is CCC(C#N)S(=O)(=O)NCc1ccccc1Cl. The Morgan fingerprint density at radius 1 is 1.47 bits per heavy atom. The number of halogens is 1. The van der Waals surface area contributed by atoms with Crippen molar-refractivity contribution in [3.63, 3.8) is 0 Å². The lowest BCUT2D eigenvalue weighted by molar-refractivity contribution is 0.572. The second-order valence-electron chi connectivity index (χ2n) is 3.48. The summed E-state index contributed by atoms with van der Waals surface area (Å²) in [6.45, 7) is 1.75. The van der Waals surface area contributed by atoms with Crippen molar-refractivity contribution in [3.05, 3.63) is 34.9 Å². The fraction of sp³-hybridized carbons (Fsp3) is 0.364. The van der Waals surface area contributed by atoms with Crippen LogP contribution < -0.4 is 4.72 Å². The van der Waals surface area contributed by atoms with Crippen molar-refractivity contribution in [2.45, 2.75) is 25.1 Å². The number of nitriles is 1. The number of nitrogens with one attached hydrogen (secondary N) is 1. The number of hydrogen-bond acceptors (Lipinski definition) is 3. The van der Waals surface area contributed by atoms with E-state index < -0.39 is 15.3 Å². The van der Waals surface area contributed by atoms with Gasteiger partial charge in [-0.3, -0.25) is 0 Å². The van der Waals surface area contributed by atoms with Crippen LogP contribution in [0.3, 0.4) is 0 Å². The minimum absolute atomic E-state index is 0.0974. The molecule has 0 spiro atoms. The molecule has 0 aliphatic carbocycles. The smallest absolute Gasteiger partial charge is 0.211 e. The molecule has 92 valence electrons. The zero-order valence-corrected chi connectivity index (χ0v) is 10.9. The molecule has 0 heterocycles. The third-order valence-corrected chi connectivity index (χ3v) is 4.41. The van der Waals surface area contributed by atoms with E-state index in [4.69, 9.17) is 16.9 Å². The minimum Gasteiger partial charge on any atom is -0.211 e. The molecule has 1 N–H and O–H groups in total. The highest BCUT2D eigenvalue weighted by molar-refractivity contribution is 7.90. The van der Waals surface area contributed by atoms with Gasteiger partial charge in [-0.05, 0) is 18.1 Å². The molecule has 0 aromatic heterocycles. The van der Waals surface area contributed by atoms with E-state index in [9.17, 15) is 8.42 Å². The summed E-state index contributed by atoms with van der Waals surface area (Å²) < 4.78 is 25.8. The summed E-state index contributed by atoms with van der Waals surface area (Å²) >= 11 is 5.90. The van der Waals surface area contributed by atoms with Gasteiger partial charge in [0.1, 0.15) is 0 Å². The maximum Gasteiger partial charge on any atom is 0.228 e. The average Bonchev–Trinajstić information content (AvgIpc) is 2.29. The summed E-state index contributed by atoms with van der Waals surface area (Å²) in [4.78, 5) is 0. The molecule has 0 bridgehead atoms. The van der Waals surface area contributed by atoms with Crippen molar-refractivity contribution in [2.24, 2.45) is 0 Å². The Morgan fingerprint density at radius 2 is 2.12 bits per heavy atom. The molecule has 0 saturated heterocycles. The van der Waals surface area contributed by atoms with E-state index in [0.717, 1.165) is 0 Å². The molecule has 4 nitrogen and oxygen atoms in total. The summed E-state index contributed by atoms with van der Waals surface area (Å²) in [5.74, 6) is 0. The van der Waals surface area contributed by atoms with Crippen LogP contribution in [-0.4, -0.2) is 13.7 Å². The number of sulfonamides is 1. The number of rotatable bonds is 5. The largest absolute Gasteiger partial charge is 0.228 e. The van der Waals surface area contributed by atoms with E-state index in [0.29, 0.717) is 10.6 Å². The molecule has 0 aliphatic rings. The summed E-state index contributed by atoms with van der Waals surface area (Å²) in [6.07, 6.45) is 0.258. The molecule has 0 amide bonds. The zero-order chi connectivity index (χ0) is 12.9. The first kappa shape index (κ1) is 14.0. The van der Waals surface area contributed by atoms with Gasteiger partial charge in [0, 0.05) is 11.6 Å². The Labute approximate surface area is 106 Å². The van der Waals surface area contributed by atoms with Crippen LogP contribution >= 0.6 is 11.6 Å². The number of benzene rings is 1. The second kappa shape index (κ2) is 6.01. The highest BCUT2D eigenvalue weighted by Crippen LogP contribution is 2.15. The molecule has 0 aliphatic heterocycles. The molecule has 1 rings (SSSR count). The predicted molar refractivity (Wildman–Crippen MR) is 66.9 cm³/mol. The number of nitrogens with zero attached hydrogens (tertiary/aromatic N) is 1. The van der Waals surface area contributed by atoms with Crippen molar-refractivity contribution in [1.29, 1.82) is 5.26 Å². The van der Waals surface area contributed by atoms with Gasteiger partial charge in [-0.2, -0.15) is 5.26 Å². The van der Waals surface area contributed by atoms with Gasteiger partial charge >= 0.3 is 0 Å². The van der Waals surface area contributed by atoms with Crippen LogP contribution in [0.15, 0.2) is 24.3 Å². The molecule has 1 aromatic carbocycles. The fourth-order valence-corrected chi connectivity index (χ4v) is 2.64. The topological polar surface area (TPSA) is 70.0 Å². The molecule has 1 atom stereocenters. The van der Waals surface area contributed by atoms with E-state index in [2.05, 4.69) is 4.72 Å². The van der Waals surface area contributed by atoms with Gasteiger partial charge in [-0.25, -0.2) is 13.1 Å². The van der Waals surface area contributed by atoms with Crippen LogP contribution in [-0.2, 0) is 16.6 Å². The van der Waals surface area contributed by atoms with Crippen LogP contribution in [0.5, 0.6) is 0 Å². The predicted octanol–water partition coefficient (Wildman–Crippen LogP) is 2.06. The van der Waals surface area contributed by atoms with E-state index in [-0.39, 0.29) is 13.0 Å². The maximum absolute atomic E-state index is 11.7. The lowest BCUT2D eigenvalue weighted by atomic mass is 10.2. The quantitative estimate of drug-likeness (QED) is 0.892. The molecular formula is C11H13ClN2O2S. The monoisotopic (exact) mass is 272 g/mol. The summed E-state index contributed by atoms with van der Waals surface area (Å²) in [5, 5.41) is 8.20. The van der Waals surface area contributed by atoms with Gasteiger partial charge in [-0.15, -0.1) is 0 Å². The highest BCUT2D eigenvalue weighted by Gasteiger charge is 2.22. The van der Waals surface area contributed by atoms with Crippen LogP contribution in [0, 0.1) is 11.3 Å². The first-order valence-electron chi connectivity index (χ1n) is 5.12. The van der Waals surface area contributed by atoms with E-state index >= 15 is 0 Å². The first-order valence-corrected chi connectivity index (χ1v) is 7.05. The molecule has 1 aromatic rings. The molecule has 0 radical (unpaired) electrons. The van der Waals surface area contributed by atoms with Crippen LogP contribution in [0.25, 0.3) is 0 Å². The van der Waals surface area contributed by atoms with E-state index in [1.54, 1.807) is 37.3 Å². The van der Waals surface area contributed by atoms with Crippen LogP contribution in [0.4, 0.5) is 0 Å². The fourth-order valence-electron chi connectivity index (χ4n) is 1.30. The lowest BCUT2D eigenvalue weighted by Crippen LogP contribution is -2.32. The van der Waals surface area contributed by atoms with Crippen molar-refractivity contribution in [3.8, 4) is 6.07 Å². The van der Waals surface area contributed by atoms with E-state index in [1.807, 2.05) is 0 Å². The average molecular weight is 273 g/mol. The third kappa shape index (κ3) is 3.70. The van der Waals surface area contributed by atoms with Crippen molar-refractivity contribution in [2.75, 3.05) is 0 Å². The van der Waals surface area contributed by atoms with Crippen molar-refractivity contribution in [1.82, 2.24) is 4.72 Å². The van der Waals surface area contributed by atoms with Crippen LogP contribution in [0.1, 0.15) is 18.9 Å². The Morgan fingerprint density at radius 3 is 2.65 bits per heavy atom. The van der Waals surface area contributed by atoms with Gasteiger partial charge in [0.2, 0.25) is 10.0 Å². The van der Waals surface area contributed by atoms with Gasteiger partial charge in [0.15, 0.2) is 5.25 Å². The molecule has 6 heteroatoms. The molecule has 0 fully saturated rings. The lowest BCUT2D eigenvalue weighted by Gasteiger charge is -2.10. The van der Waals surface area contributed by atoms with Gasteiger partial charge in [0.25, 0.3) is 0 Å². The zero-order valence-electron chi connectivity index (χ0n) is 9.35. The van der Waals surface area contributed by atoms with Gasteiger partial charge in [-0.1, -0.05) is 36.7 Å². The maximum atomic E-state index is 11.7. The molecular weight excluding hydrogens is 260 g/mol. The Kier molecular flexibility index (Phi) is 4.94. The van der Waals surface area contributed by atoms with Gasteiger partial charge in [0.05, 0.1) is 6.07 Å². The second-order valence-corrected chi connectivity index (χ2v) is 5.84. The van der Waals surface area contributed by atoms with Crippen LogP contribution in [0.2, 0.25) is 5.02 Å². The molecule has 0 saturated carbocycles. The number of hydrogen-bond donors (Lipinski definition) is 1. The Hall–Kier alpha value is -1.09. The normalized spacial score (nSPS) is 13.0. The highest BCUT2D eigenvalue weighted by atomic mass is 35.5. The standard InChI is InChI=1S/C11H13ClN2O2S/c1-2-10(7-13)17(15,16)14-8-9-5-3-4-6-11(9)12/h3-6,10,14H,2,8H2,1H3. The van der Waals surface area contributed by atoms with Crippen molar-refractivity contribution >= 4 is 21.6 Å². The Balaban J connectivity index is 2.75. The van der Waals surface area contributed by atoms with Gasteiger partial charge < -0.3 is 0 Å². The third-order valence-electron chi connectivity index (χ3n) is 2.31.